The molecule has 1 fully saturated rings. The molecule has 442 valence electrons. The van der Waals surface area contributed by atoms with E-state index in [2.05, 4.69) is 55.6 Å². The van der Waals surface area contributed by atoms with Crippen molar-refractivity contribution < 1.29 is 39.8 Å². The number of hydrogen-bond donors (Lipinski definition) is 6. The van der Waals surface area contributed by atoms with E-state index in [4.69, 9.17) is 9.47 Å². The molecule has 0 aromatic rings. The molecular weight excluding hydrogens is 935 g/mol. The first-order valence-electron chi connectivity index (χ1n) is 32.7. The van der Waals surface area contributed by atoms with E-state index in [1.54, 1.807) is 0 Å². The lowest BCUT2D eigenvalue weighted by Crippen LogP contribution is -2.60. The Bertz CT molecular complexity index is 1270. The molecule has 75 heavy (non-hydrogen) atoms. The molecule has 6 N–H and O–H groups in total. The minimum Gasteiger partial charge on any atom is -0.394 e. The highest BCUT2D eigenvalue weighted by atomic mass is 16.7. The average Bonchev–Trinajstić information content (AvgIpc) is 3.41. The number of aliphatic hydroxyl groups excluding tert-OH is 5. The fourth-order valence-corrected chi connectivity index (χ4v) is 10.6. The third-order valence-electron chi connectivity index (χ3n) is 15.7. The highest BCUT2D eigenvalue weighted by Gasteiger charge is 2.44. The van der Waals surface area contributed by atoms with E-state index >= 15 is 0 Å². The Labute approximate surface area is 463 Å². The summed E-state index contributed by atoms with van der Waals surface area (Å²) in [5, 5.41) is 54.8. The lowest BCUT2D eigenvalue weighted by atomic mass is 9.99. The van der Waals surface area contributed by atoms with Gasteiger partial charge in [-0.3, -0.25) is 4.79 Å². The van der Waals surface area contributed by atoms with Crippen molar-refractivity contribution in [1.29, 1.82) is 0 Å². The van der Waals surface area contributed by atoms with E-state index in [0.29, 0.717) is 12.8 Å². The molecule has 0 radical (unpaired) electrons. The second-order valence-corrected chi connectivity index (χ2v) is 22.9. The van der Waals surface area contributed by atoms with Gasteiger partial charge in [0.2, 0.25) is 5.91 Å². The van der Waals surface area contributed by atoms with Gasteiger partial charge in [0.15, 0.2) is 6.29 Å². The van der Waals surface area contributed by atoms with Crippen LogP contribution in [-0.2, 0) is 14.3 Å². The molecule has 0 spiro atoms. The predicted molar refractivity (Wildman–Crippen MR) is 318 cm³/mol. The van der Waals surface area contributed by atoms with Crippen LogP contribution in [0.3, 0.4) is 0 Å². The zero-order chi connectivity index (χ0) is 54.3. The first-order valence-corrected chi connectivity index (χ1v) is 32.7. The lowest BCUT2D eigenvalue weighted by Gasteiger charge is -2.40. The third kappa shape index (κ3) is 44.9. The van der Waals surface area contributed by atoms with Crippen LogP contribution in [0.4, 0.5) is 0 Å². The van der Waals surface area contributed by atoms with E-state index in [9.17, 15) is 30.3 Å². The summed E-state index contributed by atoms with van der Waals surface area (Å²) in [6, 6.07) is -0.717. The summed E-state index contributed by atoms with van der Waals surface area (Å²) in [7, 11) is 0. The molecule has 7 unspecified atom stereocenters. The minimum absolute atomic E-state index is 0.134. The number of unbranched alkanes of at least 4 members (excludes halogenated alkanes) is 41. The Morgan fingerprint density at radius 1 is 0.453 bits per heavy atom. The van der Waals surface area contributed by atoms with Crippen LogP contribution in [0.1, 0.15) is 322 Å². The van der Waals surface area contributed by atoms with Gasteiger partial charge >= 0.3 is 0 Å². The van der Waals surface area contributed by atoms with Gasteiger partial charge < -0.3 is 40.3 Å². The highest BCUT2D eigenvalue weighted by molar-refractivity contribution is 5.76. The monoisotopic (exact) mass is 1060 g/mol. The molecule has 0 bridgehead atoms. The summed E-state index contributed by atoms with van der Waals surface area (Å²) >= 11 is 0. The number of carbonyl (C=O) groups is 1. The number of amides is 1. The summed E-state index contributed by atoms with van der Waals surface area (Å²) < 4.78 is 11.3. The summed E-state index contributed by atoms with van der Waals surface area (Å²) in [4.78, 5) is 13.1. The van der Waals surface area contributed by atoms with Crippen LogP contribution in [-0.4, -0.2) is 87.5 Å². The van der Waals surface area contributed by atoms with Crippen molar-refractivity contribution in [1.82, 2.24) is 5.32 Å². The zero-order valence-electron chi connectivity index (χ0n) is 49.3. The molecule has 9 heteroatoms. The first kappa shape index (κ1) is 71.4. The zero-order valence-corrected chi connectivity index (χ0v) is 49.3. The molecule has 1 heterocycles. The largest absolute Gasteiger partial charge is 0.394 e. The number of hydrogen-bond acceptors (Lipinski definition) is 8. The Morgan fingerprint density at radius 2 is 0.787 bits per heavy atom. The minimum atomic E-state index is -1.55. The molecule has 1 aliphatic heterocycles. The second kappa shape index (κ2) is 55.7. The Hall–Kier alpha value is -1.59. The molecule has 9 nitrogen and oxygen atoms in total. The summed E-state index contributed by atoms with van der Waals surface area (Å²) in [6.07, 6.45) is 66.3. The highest BCUT2D eigenvalue weighted by Crippen LogP contribution is 2.24. The smallest absolute Gasteiger partial charge is 0.220 e. The number of nitrogens with one attached hydrogen (secondary N) is 1. The van der Waals surface area contributed by atoms with Crippen molar-refractivity contribution in [2.24, 2.45) is 0 Å². The van der Waals surface area contributed by atoms with Crippen LogP contribution in [0.25, 0.3) is 0 Å². The van der Waals surface area contributed by atoms with Crippen LogP contribution in [0.2, 0.25) is 0 Å². The molecule has 1 rings (SSSR count). The molecule has 0 saturated carbocycles. The van der Waals surface area contributed by atoms with Gasteiger partial charge in [-0.25, -0.2) is 0 Å². The molecule has 0 aromatic heterocycles. The summed E-state index contributed by atoms with van der Waals surface area (Å²) in [6.45, 7) is 3.86. The molecule has 0 aromatic carbocycles. The second-order valence-electron chi connectivity index (χ2n) is 22.9. The molecule has 7 atom stereocenters. The van der Waals surface area contributed by atoms with Gasteiger partial charge in [-0.15, -0.1) is 0 Å². The maximum Gasteiger partial charge on any atom is 0.220 e. The quantitative estimate of drug-likeness (QED) is 0.0261. The number of ether oxygens (including phenoxy) is 2. The van der Waals surface area contributed by atoms with Gasteiger partial charge in [0.1, 0.15) is 24.4 Å². The van der Waals surface area contributed by atoms with Crippen LogP contribution in [0.5, 0.6) is 0 Å². The third-order valence-corrected chi connectivity index (χ3v) is 15.7. The molecule has 0 aliphatic carbocycles. The van der Waals surface area contributed by atoms with Crippen LogP contribution in [0.15, 0.2) is 36.5 Å². The van der Waals surface area contributed by atoms with Crippen LogP contribution < -0.4 is 5.32 Å². The summed E-state index contributed by atoms with van der Waals surface area (Å²) in [5.74, 6) is -0.138. The Balaban J connectivity index is 2.08. The van der Waals surface area contributed by atoms with Crippen molar-refractivity contribution in [3.63, 3.8) is 0 Å². The van der Waals surface area contributed by atoms with Crippen molar-refractivity contribution in [3.05, 3.63) is 36.5 Å². The van der Waals surface area contributed by atoms with Gasteiger partial charge in [-0.2, -0.15) is 0 Å². The fourth-order valence-electron chi connectivity index (χ4n) is 10.6. The molecular formula is C66H125NO8. The van der Waals surface area contributed by atoms with E-state index in [1.165, 1.54) is 244 Å². The predicted octanol–water partition coefficient (Wildman–Crippen LogP) is 17.1. The first-order chi connectivity index (χ1) is 36.8. The van der Waals surface area contributed by atoms with E-state index in [1.807, 2.05) is 0 Å². The van der Waals surface area contributed by atoms with Crippen LogP contribution in [0, 0.1) is 0 Å². The topological polar surface area (TPSA) is 149 Å². The Kier molecular flexibility index (Phi) is 53.1. The maximum absolute atomic E-state index is 13.1. The van der Waals surface area contributed by atoms with Gasteiger partial charge in [0, 0.05) is 6.42 Å². The van der Waals surface area contributed by atoms with E-state index < -0.39 is 49.5 Å². The van der Waals surface area contributed by atoms with E-state index in [-0.39, 0.29) is 12.5 Å². The molecule has 1 aliphatic rings. The van der Waals surface area contributed by atoms with Crippen molar-refractivity contribution >= 4 is 5.91 Å². The normalized spacial score (nSPS) is 19.1. The number of aliphatic hydroxyl groups is 5. The number of allylic oxidation sites excluding steroid dienone is 6. The van der Waals surface area contributed by atoms with Gasteiger partial charge in [0.05, 0.1) is 25.4 Å². The standard InChI is InChI=1S/C66H125NO8/c1-3-5-7-9-11-13-15-17-19-21-22-23-24-25-26-27-28-29-30-31-32-33-34-35-36-37-38-40-42-44-46-48-50-52-54-56-62(70)67-59(58-74-66-65(73)64(72)63(71)61(57-68)75-66)60(69)55-53-51-49-47-45-43-41-39-20-18-16-14-12-10-8-6-4-2/h15,17,21-22,24-25,59-61,63-66,68-69,71-73H,3-14,16,18-20,23,26-58H2,1-2H3,(H,67,70)/b17-15-,22-21-,25-24-. The van der Waals surface area contributed by atoms with Gasteiger partial charge in [-0.1, -0.05) is 301 Å². The molecule has 1 amide bonds. The number of rotatable bonds is 57. The maximum atomic E-state index is 13.1. The average molecular weight is 1060 g/mol. The van der Waals surface area contributed by atoms with Gasteiger partial charge in [-0.05, 0) is 51.4 Å². The SMILES string of the molecule is CCCCCCC/C=C\C/C=C\C/C=C\CCCCCCCCCCCCCCCCCCCCCCC(=O)NC(COC1OC(CO)C(O)C(O)C1O)C(O)CCCCCCCCCCCCCCCCCCC. The fraction of sp³-hybridized carbons (Fsp3) is 0.894. The summed E-state index contributed by atoms with van der Waals surface area (Å²) in [5.41, 5.74) is 0. The van der Waals surface area contributed by atoms with E-state index in [0.717, 1.165) is 51.4 Å². The van der Waals surface area contributed by atoms with Crippen LogP contribution >= 0.6 is 0 Å². The van der Waals surface area contributed by atoms with Crippen molar-refractivity contribution in [2.75, 3.05) is 13.2 Å². The number of carbonyl (C=O) groups excluding carboxylic acids is 1. The lowest BCUT2D eigenvalue weighted by molar-refractivity contribution is -0.302. The van der Waals surface area contributed by atoms with Gasteiger partial charge in [0.25, 0.3) is 0 Å². The molecule has 1 saturated heterocycles. The van der Waals surface area contributed by atoms with Crippen molar-refractivity contribution in [2.45, 2.75) is 365 Å². The Morgan fingerprint density at radius 3 is 1.16 bits per heavy atom. The van der Waals surface area contributed by atoms with Crippen molar-refractivity contribution in [3.8, 4) is 0 Å².